The van der Waals surface area contributed by atoms with Crippen molar-refractivity contribution in [2.45, 2.75) is 0 Å². The second-order valence-electron chi connectivity index (χ2n) is 0.236. The van der Waals surface area contributed by atoms with E-state index in [0.717, 1.165) is 0 Å². The first-order chi connectivity index (χ1) is 1.41. The average molecular weight is 90.9 g/mol. The molecule has 0 amide bonds. The van der Waals surface area contributed by atoms with Gasteiger partial charge >= 0.3 is 0 Å². The summed E-state index contributed by atoms with van der Waals surface area (Å²) in [4.78, 5) is 0. The summed E-state index contributed by atoms with van der Waals surface area (Å²) >= 11 is 0. The van der Waals surface area contributed by atoms with Gasteiger partial charge in [-0.1, -0.05) is 6.58 Å². The van der Waals surface area contributed by atoms with E-state index in [1.165, 1.54) is 6.20 Å². The maximum Gasteiger partial charge on any atom is 0 e. The summed E-state index contributed by atoms with van der Waals surface area (Å²) in [5.74, 6) is 0. The molecule has 0 unspecified atom stereocenters. The van der Waals surface area contributed by atoms with Gasteiger partial charge in [0.15, 0.2) is 0 Å². The van der Waals surface area contributed by atoms with Gasteiger partial charge in [-0.25, -0.2) is 0 Å². The molecule has 0 saturated heterocycles. The molecule has 0 aliphatic carbocycles. The second-order valence-corrected chi connectivity index (χ2v) is 0.236. The van der Waals surface area contributed by atoms with Crippen LogP contribution >= 0.6 is 0 Å². The first-order valence-corrected chi connectivity index (χ1v) is 0.742. The van der Waals surface area contributed by atoms with Crippen molar-refractivity contribution in [1.82, 2.24) is 0 Å². The minimum absolute atomic E-state index is 0. The largest absolute Gasteiger partial charge is 0.405 e. The predicted molar refractivity (Wildman–Crippen MR) is 14.4 cm³/mol. The summed E-state index contributed by atoms with van der Waals surface area (Å²) in [5.41, 5.74) is 4.61. The van der Waals surface area contributed by atoms with Crippen molar-refractivity contribution in [2.75, 3.05) is 0 Å². The van der Waals surface area contributed by atoms with Crippen LogP contribution in [0.15, 0.2) is 12.8 Å². The van der Waals surface area contributed by atoms with Crippen LogP contribution in [0.3, 0.4) is 0 Å². The Hall–Kier alpha value is 0.254. The molecule has 0 bridgehead atoms. The van der Waals surface area contributed by atoms with Gasteiger partial charge in [-0.2, -0.15) is 0 Å². The molecule has 0 aromatic rings. The van der Waals surface area contributed by atoms with E-state index in [-0.39, 0.29) is 21.7 Å². The van der Waals surface area contributed by atoms with Crippen molar-refractivity contribution in [1.29, 1.82) is 0 Å². The number of rotatable bonds is 0. The van der Waals surface area contributed by atoms with Gasteiger partial charge in [0.2, 0.25) is 0 Å². The molecule has 0 aromatic carbocycles. The molecule has 4 heavy (non-hydrogen) atoms. The summed E-state index contributed by atoms with van der Waals surface area (Å²) in [6.07, 6.45) is 1.25. The Kier molecular flexibility index (Phi) is 23.3. The van der Waals surface area contributed by atoms with E-state index < -0.39 is 0 Å². The van der Waals surface area contributed by atoms with Gasteiger partial charge in [-0.05, 0) is 6.20 Å². The third kappa shape index (κ3) is 54.8. The van der Waals surface area contributed by atoms with E-state index in [2.05, 4.69) is 12.3 Å². The summed E-state index contributed by atoms with van der Waals surface area (Å²) in [6, 6.07) is 0. The maximum absolute atomic E-state index is 4.61. The Labute approximate surface area is 40.8 Å². The molecule has 0 atom stereocenters. The Morgan fingerprint density at radius 1 is 1.75 bits per heavy atom. The Bertz CT molecular complexity index is 13.5. The van der Waals surface area contributed by atoms with Crippen LogP contribution in [-0.4, -0.2) is 0 Å². The van der Waals surface area contributed by atoms with Gasteiger partial charge in [-0.3, -0.25) is 0 Å². The zero-order chi connectivity index (χ0) is 2.71. The van der Waals surface area contributed by atoms with Crippen LogP contribution in [0.25, 0.3) is 0 Å². The molecule has 22 valence electrons. The van der Waals surface area contributed by atoms with Gasteiger partial charge in [-0.15, -0.1) is 0 Å². The molecule has 0 spiro atoms. The van der Waals surface area contributed by atoms with Crippen LogP contribution in [0.5, 0.6) is 0 Å². The average Bonchev–Trinajstić information content (AvgIpc) is 0.918. The van der Waals surface area contributed by atoms with Crippen molar-refractivity contribution in [3.05, 3.63) is 12.8 Å². The van der Waals surface area contributed by atoms with E-state index >= 15 is 0 Å². The molecule has 0 saturated carbocycles. The quantitative estimate of drug-likeness (QED) is 0.420. The van der Waals surface area contributed by atoms with E-state index in [9.17, 15) is 0 Å². The van der Waals surface area contributed by atoms with E-state index in [1.54, 1.807) is 0 Å². The first-order valence-electron chi connectivity index (χ1n) is 0.742. The van der Waals surface area contributed by atoms with Crippen LogP contribution in [0.1, 0.15) is 0 Å². The smallest absolute Gasteiger partial charge is 0 e. The molecule has 0 heterocycles. The van der Waals surface area contributed by atoms with Gasteiger partial charge < -0.3 is 5.73 Å². The third-order valence-corrected chi connectivity index (χ3v) is 0. The summed E-state index contributed by atoms with van der Waals surface area (Å²) in [7, 11) is 0. The number of hydrogen-bond acceptors (Lipinski definition) is 1. The van der Waals surface area contributed by atoms with Gasteiger partial charge in [0.05, 0.1) is 0 Å². The molecule has 0 radical (unpaired) electrons. The van der Waals surface area contributed by atoms with Gasteiger partial charge in [0.1, 0.15) is 0 Å². The Balaban J connectivity index is 0. The molecule has 0 rings (SSSR count). The number of hydrogen-bond donors (Lipinski definition) is 1. The third-order valence-electron chi connectivity index (χ3n) is 0. The van der Waals surface area contributed by atoms with E-state index in [1.807, 2.05) is 0 Å². The first kappa shape index (κ1) is 8.87. The molecule has 2 N–H and O–H groups in total. The summed E-state index contributed by atoms with van der Waals surface area (Å²) in [5, 5.41) is 0. The molecule has 1 nitrogen and oxygen atoms in total. The fraction of sp³-hybridized carbons (Fsp3) is 0. The van der Waals surface area contributed by atoms with E-state index in [4.69, 9.17) is 0 Å². The molecule has 0 fully saturated rings. The molecule has 2 heteroatoms. The second kappa shape index (κ2) is 10.5. The minimum atomic E-state index is 0. The topological polar surface area (TPSA) is 26.0 Å². The van der Waals surface area contributed by atoms with Crippen molar-refractivity contribution in [3.8, 4) is 0 Å². The van der Waals surface area contributed by atoms with Crippen LogP contribution in [-0.2, 0) is 21.7 Å². The summed E-state index contributed by atoms with van der Waals surface area (Å²) < 4.78 is 0. The van der Waals surface area contributed by atoms with Crippen LogP contribution in [0.4, 0.5) is 0 Å². The van der Waals surface area contributed by atoms with Crippen molar-refractivity contribution >= 4 is 0 Å². The molecule has 0 aliphatic rings. The fourth-order valence-electron chi connectivity index (χ4n) is 0. The Morgan fingerprint density at radius 3 is 1.75 bits per heavy atom. The molecule has 0 aliphatic heterocycles. The van der Waals surface area contributed by atoms with Crippen LogP contribution in [0.2, 0.25) is 0 Å². The normalized spacial score (nSPS) is 3.00. The zero-order valence-corrected chi connectivity index (χ0v) is 3.92. The SMILES string of the molecule is C=CN.[Ti]. The van der Waals surface area contributed by atoms with Gasteiger partial charge in [0.25, 0.3) is 0 Å². The molecule has 0 aromatic heterocycles. The van der Waals surface area contributed by atoms with Crippen LogP contribution < -0.4 is 5.73 Å². The minimum Gasteiger partial charge on any atom is -0.405 e. The molecular weight excluding hydrogens is 85.9 g/mol. The van der Waals surface area contributed by atoms with Crippen molar-refractivity contribution in [2.24, 2.45) is 5.73 Å². The predicted octanol–water partition coefficient (Wildman–Crippen LogP) is 0.0861. The zero-order valence-electron chi connectivity index (χ0n) is 2.36. The number of nitrogens with two attached hydrogens (primary N) is 1. The monoisotopic (exact) mass is 91.0 g/mol. The summed E-state index contributed by atoms with van der Waals surface area (Å²) in [6.45, 7) is 3.14. The van der Waals surface area contributed by atoms with E-state index in [0.29, 0.717) is 0 Å². The fourth-order valence-corrected chi connectivity index (χ4v) is 0. The maximum atomic E-state index is 4.61. The van der Waals surface area contributed by atoms with Crippen molar-refractivity contribution in [3.63, 3.8) is 0 Å². The standard InChI is InChI=1S/C2H5N.Ti/c1-2-3;/h2H,1,3H2;. The Morgan fingerprint density at radius 2 is 1.75 bits per heavy atom. The van der Waals surface area contributed by atoms with Crippen LogP contribution in [0, 0.1) is 0 Å². The van der Waals surface area contributed by atoms with Gasteiger partial charge in [0, 0.05) is 21.7 Å². The molecular formula is C2H5NTi. The van der Waals surface area contributed by atoms with Crippen molar-refractivity contribution < 1.29 is 21.7 Å².